The second kappa shape index (κ2) is 25.9. The average molecular weight is 1150 g/mol. The minimum absolute atomic E-state index is 0.0341. The van der Waals surface area contributed by atoms with Crippen LogP contribution < -0.4 is 26.2 Å². The first-order valence-corrected chi connectivity index (χ1v) is 29.4. The maximum atomic E-state index is 15.1. The normalized spacial score (nSPS) is 22.6. The van der Waals surface area contributed by atoms with Crippen molar-refractivity contribution in [1.82, 2.24) is 20.0 Å². The molecular weight excluding hydrogens is 1080 g/mol. The summed E-state index contributed by atoms with van der Waals surface area (Å²) >= 11 is 0. The number of hydrogen-bond donors (Lipinski definition) is 4. The van der Waals surface area contributed by atoms with E-state index in [-0.39, 0.29) is 90.7 Å². The van der Waals surface area contributed by atoms with Crippen molar-refractivity contribution in [2.24, 2.45) is 17.8 Å². The Balaban J connectivity index is 0.862. The van der Waals surface area contributed by atoms with Crippen LogP contribution in [-0.2, 0) is 51.8 Å². The number of rotatable bonds is 18. The van der Waals surface area contributed by atoms with E-state index in [1.165, 1.54) is 23.1 Å². The number of ketones is 1. The first-order chi connectivity index (χ1) is 40.4. The smallest absolute Gasteiger partial charge is 0.255 e. The zero-order chi connectivity index (χ0) is 59.4. The van der Waals surface area contributed by atoms with Gasteiger partial charge in [-0.05, 0) is 147 Å². The van der Waals surface area contributed by atoms with Gasteiger partial charge < -0.3 is 40.5 Å². The van der Waals surface area contributed by atoms with E-state index in [9.17, 15) is 33.2 Å². The van der Waals surface area contributed by atoms with Crippen molar-refractivity contribution in [3.05, 3.63) is 154 Å². The van der Waals surface area contributed by atoms with Crippen molar-refractivity contribution in [3.8, 4) is 0 Å². The summed E-state index contributed by atoms with van der Waals surface area (Å²) in [5, 5.41) is 11.9. The number of carbonyl (C=O) groups is 6. The van der Waals surface area contributed by atoms with E-state index in [4.69, 9.17) is 9.47 Å². The Hall–Kier alpha value is -7.29. The molecule has 0 spiro atoms. The molecule has 5 aliphatic heterocycles. The maximum Gasteiger partial charge on any atom is 0.255 e. The fourth-order valence-electron chi connectivity index (χ4n) is 12.5. The van der Waals surface area contributed by atoms with Gasteiger partial charge in [0.25, 0.3) is 11.8 Å². The lowest BCUT2D eigenvalue weighted by atomic mass is 9.80. The fraction of sp³-hybridized carbons (Fsp3) is 0.446. The third-order valence-electron chi connectivity index (χ3n) is 17.8. The number of fused-ring (bicyclic) bond motifs is 2. The Bertz CT molecular complexity index is 3250. The monoisotopic (exact) mass is 1150 g/mol. The Morgan fingerprint density at radius 3 is 2.23 bits per heavy atom. The van der Waals surface area contributed by atoms with Crippen molar-refractivity contribution < 1.29 is 51.4 Å². The minimum atomic E-state index is -1.38. The van der Waals surface area contributed by atoms with Gasteiger partial charge in [0.1, 0.15) is 35.0 Å². The van der Waals surface area contributed by atoms with E-state index < -0.39 is 52.4 Å². The number of nitrogens with one attached hydrogen (secondary N) is 4. The summed E-state index contributed by atoms with van der Waals surface area (Å²) in [5.41, 5.74) is 3.04. The molecule has 5 amide bonds. The third-order valence-corrected chi connectivity index (χ3v) is 17.8. The highest BCUT2D eigenvalue weighted by Gasteiger charge is 2.48. The topological polar surface area (TPSA) is 182 Å². The largest absolute Gasteiger partial charge is 0.381 e. The highest BCUT2D eigenvalue weighted by molar-refractivity contribution is 6.08. The fourth-order valence-corrected chi connectivity index (χ4v) is 12.5. The molecule has 10 rings (SSSR count). The summed E-state index contributed by atoms with van der Waals surface area (Å²) in [6.07, 6.45) is 2.12. The molecule has 0 saturated carbocycles. The highest BCUT2D eigenvalue weighted by atomic mass is 19.1. The SMILES string of the molecule is CC[C@@H](C)C(=O)C[C@H](C(=O)N1Cc2ccc(NC(=O)c3ccc(NC(=O)C4(C)CN(C(=O)CN5C[C@@H](C)NC[C@@H]5CN5CCOC[C@H]5C)c5cc(Cc6ccc(F)cc6)ccc54)cc3)cc2[C@H]1C(=O)Nc1c(F)cccc1F)C1CCOCC1. The van der Waals surface area contributed by atoms with Crippen molar-refractivity contribution in [1.29, 1.82) is 0 Å². The number of anilines is 4. The molecule has 5 aromatic rings. The molecule has 16 nitrogen and oxygen atoms in total. The van der Waals surface area contributed by atoms with E-state index in [0.29, 0.717) is 86.7 Å². The molecule has 3 saturated heterocycles. The molecule has 0 aliphatic carbocycles. The molecule has 4 N–H and O–H groups in total. The Morgan fingerprint density at radius 2 is 1.51 bits per heavy atom. The van der Waals surface area contributed by atoms with Crippen LogP contribution in [0.25, 0.3) is 0 Å². The molecule has 7 atom stereocenters. The molecule has 0 radical (unpaired) electrons. The number of Topliss-reactive ketones (excluding diaryl/α,β-unsaturated/α-hetero) is 1. The van der Waals surface area contributed by atoms with Gasteiger partial charge in [0.15, 0.2) is 0 Å². The molecule has 0 bridgehead atoms. The van der Waals surface area contributed by atoms with Crippen LogP contribution in [0.1, 0.15) is 105 Å². The van der Waals surface area contributed by atoms with Crippen LogP contribution in [0.4, 0.5) is 35.9 Å². The summed E-state index contributed by atoms with van der Waals surface area (Å²) in [6, 6.07) is 25.6. The third kappa shape index (κ3) is 13.1. The van der Waals surface area contributed by atoms with Crippen molar-refractivity contribution in [2.75, 3.05) is 86.5 Å². The summed E-state index contributed by atoms with van der Waals surface area (Å²) in [4.78, 5) is 94.1. The zero-order valence-electron chi connectivity index (χ0n) is 48.4. The van der Waals surface area contributed by atoms with Crippen LogP contribution in [0.3, 0.4) is 0 Å². The van der Waals surface area contributed by atoms with Crippen molar-refractivity contribution in [3.63, 3.8) is 0 Å². The highest BCUT2D eigenvalue weighted by Crippen LogP contribution is 2.44. The number of amides is 5. The Kier molecular flexibility index (Phi) is 18.5. The van der Waals surface area contributed by atoms with Crippen molar-refractivity contribution >= 4 is 58.1 Å². The summed E-state index contributed by atoms with van der Waals surface area (Å²) in [7, 11) is 0. The predicted octanol–water partition coefficient (Wildman–Crippen LogP) is 8.64. The van der Waals surface area contributed by atoms with Crippen molar-refractivity contribution in [2.45, 2.75) is 103 Å². The van der Waals surface area contributed by atoms with E-state index in [0.717, 1.165) is 42.9 Å². The number of carbonyl (C=O) groups excluding carboxylic acids is 6. The van der Waals surface area contributed by atoms with Gasteiger partial charge in [-0.15, -0.1) is 0 Å². The first kappa shape index (κ1) is 59.9. The first-order valence-electron chi connectivity index (χ1n) is 29.4. The number of hydrogen-bond acceptors (Lipinski definition) is 11. The quantitative estimate of drug-likeness (QED) is 0.0660. The predicted molar refractivity (Wildman–Crippen MR) is 314 cm³/mol. The molecule has 84 heavy (non-hydrogen) atoms. The number of nitrogens with zero attached hydrogens (tertiary/aromatic N) is 4. The second-order valence-corrected chi connectivity index (χ2v) is 23.7. The number of halogens is 3. The number of ether oxygens (including phenoxy) is 2. The molecular formula is C65H75F3N8O8. The van der Waals surface area contributed by atoms with Gasteiger partial charge in [-0.25, -0.2) is 13.2 Å². The van der Waals surface area contributed by atoms with Crippen LogP contribution in [0.5, 0.6) is 0 Å². The second-order valence-electron chi connectivity index (χ2n) is 23.7. The van der Waals surface area contributed by atoms with Crippen LogP contribution in [0, 0.1) is 35.2 Å². The molecule has 3 fully saturated rings. The Morgan fingerprint density at radius 1 is 0.798 bits per heavy atom. The Labute approximate surface area is 488 Å². The van der Waals surface area contributed by atoms with Gasteiger partial charge in [0, 0.05) is 111 Å². The van der Waals surface area contributed by atoms with Crippen LogP contribution in [0.15, 0.2) is 103 Å². The standard InChI is InChI=1S/C65H75F3N8O8/c1-6-39(2)57(77)31-52(44-22-25-83-26-23-44)63(81)75-34-46-15-20-49(30-51(46)60(75)62(80)72-59-54(67)8-7-9-55(59)68)70-61(79)45-13-18-48(19-14-45)71-64(82)65(5)38-76(56-29-43(12-21-53(56)65)28-42-10-16-47(66)17-11-42)58(78)36-74-33-40(3)69-32-50(74)35-73-24-27-84-37-41(73)4/h7-21,29-30,39-41,44,50,52,60,69H,6,22-28,31-38H2,1-5H3,(H,70,79)(H,71,82)(H,72,80)/t39-,40-,41-,50-,52+,60+,65?/m1/s1. The number of piperazine rings is 1. The molecule has 5 heterocycles. The van der Waals surface area contributed by atoms with Crippen LogP contribution in [0.2, 0.25) is 0 Å². The molecule has 5 aliphatic rings. The summed E-state index contributed by atoms with van der Waals surface area (Å²) < 4.78 is 55.3. The minimum Gasteiger partial charge on any atom is -0.381 e. The van der Waals surface area contributed by atoms with Gasteiger partial charge in [0.2, 0.25) is 17.7 Å². The van der Waals surface area contributed by atoms with Gasteiger partial charge in [-0.1, -0.05) is 50.2 Å². The molecule has 0 aromatic heterocycles. The summed E-state index contributed by atoms with van der Waals surface area (Å²) in [5.74, 6) is -6.02. The van der Waals surface area contributed by atoms with Crippen LogP contribution >= 0.6 is 0 Å². The average Bonchev–Trinajstić information content (AvgIpc) is 3.02. The molecule has 19 heteroatoms. The number of morpholine rings is 1. The van der Waals surface area contributed by atoms with Gasteiger partial charge in [-0.2, -0.15) is 0 Å². The van der Waals surface area contributed by atoms with Gasteiger partial charge >= 0.3 is 0 Å². The summed E-state index contributed by atoms with van der Waals surface area (Å²) in [6.45, 7) is 15.1. The lowest BCUT2D eigenvalue weighted by molar-refractivity contribution is -0.147. The van der Waals surface area contributed by atoms with E-state index in [1.54, 1.807) is 59.5 Å². The van der Waals surface area contributed by atoms with Gasteiger partial charge in [0.05, 0.1) is 25.2 Å². The van der Waals surface area contributed by atoms with E-state index in [1.807, 2.05) is 39.0 Å². The lowest BCUT2D eigenvalue weighted by Gasteiger charge is -2.43. The van der Waals surface area contributed by atoms with Crippen LogP contribution in [-0.4, -0.2) is 134 Å². The lowest BCUT2D eigenvalue weighted by Crippen LogP contribution is -2.62. The molecule has 444 valence electrons. The van der Waals surface area contributed by atoms with Gasteiger partial charge in [-0.3, -0.25) is 38.6 Å². The molecule has 5 aromatic carbocycles. The zero-order valence-corrected chi connectivity index (χ0v) is 48.4. The van der Waals surface area contributed by atoms with E-state index >= 15 is 8.78 Å². The van der Waals surface area contributed by atoms with E-state index in [2.05, 4.69) is 44.9 Å². The number of para-hydroxylation sites is 1. The molecule has 1 unspecified atom stereocenters. The number of benzene rings is 5. The maximum absolute atomic E-state index is 15.1.